The first kappa shape index (κ1) is 28.9. The number of hydrogen-bond acceptors (Lipinski definition) is 0. The van der Waals surface area contributed by atoms with Gasteiger partial charge in [0.25, 0.3) is 0 Å². The van der Waals surface area contributed by atoms with Gasteiger partial charge in [-0.3, -0.25) is 0 Å². The molecule has 0 spiro atoms. The van der Waals surface area contributed by atoms with Crippen LogP contribution in [0.25, 0.3) is 0 Å². The third kappa shape index (κ3) is 49.5. The zero-order chi connectivity index (χ0) is 19.5. The van der Waals surface area contributed by atoms with E-state index in [9.17, 15) is 4.39 Å². The van der Waals surface area contributed by atoms with Gasteiger partial charge >= 0.3 is 80.4 Å². The van der Waals surface area contributed by atoms with Crippen LogP contribution >= 0.6 is 0 Å². The molecule has 0 saturated carbocycles. The van der Waals surface area contributed by atoms with Gasteiger partial charge in [0, 0.05) is 26.4 Å². The molecule has 136 valence electrons. The van der Waals surface area contributed by atoms with E-state index in [4.69, 9.17) is 0 Å². The van der Waals surface area contributed by atoms with E-state index in [1.165, 1.54) is 22.1 Å². The molecule has 0 nitrogen and oxygen atoms in total. The van der Waals surface area contributed by atoms with E-state index >= 15 is 0 Å². The van der Waals surface area contributed by atoms with Crippen molar-refractivity contribution < 1.29 is 4.39 Å². The van der Waals surface area contributed by atoms with Gasteiger partial charge in [-0.1, -0.05) is 58.9 Å². The van der Waals surface area contributed by atoms with Crippen LogP contribution in [0.4, 0.5) is 4.39 Å². The van der Waals surface area contributed by atoms with Crippen molar-refractivity contribution in [1.29, 1.82) is 0 Å². The van der Waals surface area contributed by atoms with Crippen molar-refractivity contribution in [2.75, 3.05) is 0 Å². The normalized spacial score (nSPS) is 10.3. The third-order valence-electron chi connectivity index (χ3n) is 1.60. The second kappa shape index (κ2) is 21.1. The van der Waals surface area contributed by atoms with Gasteiger partial charge in [0.05, 0.1) is 0 Å². The Kier molecular flexibility index (Phi) is 25.4. The molecule has 0 bridgehead atoms. The standard InChI is InChI=1S/C10H10FGe.3C3H9Si/c11-10(12)8-4-7-9-5-2-1-3-6-9;3*1-4(2)3/h1-3,5-6,8H,4,7H2;3*1-3H3/b10-8+;;;. The molecule has 5 heteroatoms. The Balaban J connectivity index is -0.000000304. The number of rotatable bonds is 3. The second-order valence-electron chi connectivity index (χ2n) is 7.08. The van der Waals surface area contributed by atoms with Gasteiger partial charge in [0.2, 0.25) is 0 Å². The zero-order valence-corrected chi connectivity index (χ0v) is 22.4. The Bertz CT molecular complexity index is 353. The first-order valence-electron chi connectivity index (χ1n) is 8.40. The van der Waals surface area contributed by atoms with Gasteiger partial charge in [0.15, 0.2) is 0 Å². The fourth-order valence-electron chi connectivity index (χ4n) is 1.01. The molecule has 6 radical (unpaired) electrons. The second-order valence-corrected chi connectivity index (χ2v) is 17.1. The maximum absolute atomic E-state index is 12.3. The van der Waals surface area contributed by atoms with Crippen molar-refractivity contribution in [2.45, 2.75) is 71.8 Å². The molecular formula is C19H37FGeSi3. The van der Waals surface area contributed by atoms with Gasteiger partial charge in [-0.2, -0.15) is 0 Å². The average Bonchev–Trinajstić information content (AvgIpc) is 2.37. The summed E-state index contributed by atoms with van der Waals surface area (Å²) in [7, 11) is 0.361. The van der Waals surface area contributed by atoms with Crippen LogP contribution in [0.5, 0.6) is 0 Å². The topological polar surface area (TPSA) is 0 Å². The van der Waals surface area contributed by atoms with Crippen LogP contribution in [0.15, 0.2) is 41.1 Å². The molecule has 1 aromatic carbocycles. The van der Waals surface area contributed by atoms with Gasteiger partial charge in [-0.15, -0.1) is 0 Å². The molecule has 0 heterocycles. The van der Waals surface area contributed by atoms with Crippen LogP contribution in [0.3, 0.4) is 0 Å². The third-order valence-corrected chi connectivity index (χ3v) is 2.03. The van der Waals surface area contributed by atoms with E-state index in [1.54, 1.807) is 6.08 Å². The van der Waals surface area contributed by atoms with Crippen LogP contribution in [0.2, 0.25) is 58.9 Å². The van der Waals surface area contributed by atoms with Gasteiger partial charge in [0.1, 0.15) is 0 Å². The predicted octanol–water partition coefficient (Wildman–Crippen LogP) is 6.71. The Morgan fingerprint density at radius 1 is 0.833 bits per heavy atom. The van der Waals surface area contributed by atoms with E-state index in [0.717, 1.165) is 12.8 Å². The Hall–Kier alpha value is 0.0835. The number of hydrogen-bond donors (Lipinski definition) is 0. The molecule has 0 atom stereocenters. The molecular weight excluding hydrogens is 404 g/mol. The number of aryl methyl sites for hydroxylation is 1. The first-order valence-corrected chi connectivity index (χ1v) is 18.4. The summed E-state index contributed by atoms with van der Waals surface area (Å²) in [5.74, 6) is 0. The number of allylic oxidation sites excluding steroid dienone is 1. The minimum atomic E-state index is -0.0917. The Morgan fingerprint density at radius 2 is 1.17 bits per heavy atom. The number of halogens is 1. The molecule has 1 aromatic rings. The van der Waals surface area contributed by atoms with Crippen LogP contribution < -0.4 is 0 Å². The molecule has 1 rings (SSSR count). The summed E-state index contributed by atoms with van der Waals surface area (Å²) in [5.41, 5.74) is 1.26. The summed E-state index contributed by atoms with van der Waals surface area (Å²) in [6, 6.07) is 10.1. The van der Waals surface area contributed by atoms with Crippen LogP contribution in [0.1, 0.15) is 12.0 Å². The first-order chi connectivity index (χ1) is 11.0. The molecule has 0 saturated heterocycles. The van der Waals surface area contributed by atoms with Crippen LogP contribution in [0, 0.1) is 0 Å². The van der Waals surface area contributed by atoms with Gasteiger partial charge in [-0.05, 0) is 0 Å². The Labute approximate surface area is 165 Å². The van der Waals surface area contributed by atoms with E-state index in [2.05, 4.69) is 71.1 Å². The van der Waals surface area contributed by atoms with E-state index < -0.39 is 0 Å². The molecule has 0 fully saturated rings. The molecule has 0 aliphatic heterocycles. The predicted molar refractivity (Wildman–Crippen MR) is 120 cm³/mol. The van der Waals surface area contributed by atoms with Crippen molar-refractivity contribution in [3.63, 3.8) is 0 Å². The quantitative estimate of drug-likeness (QED) is 0.458. The maximum atomic E-state index is 12.3. The molecule has 0 aliphatic rings. The summed E-state index contributed by atoms with van der Waals surface area (Å²) in [6.07, 6.45) is 3.32. The Morgan fingerprint density at radius 3 is 1.46 bits per heavy atom. The molecule has 0 N–H and O–H groups in total. The van der Waals surface area contributed by atoms with E-state index in [0.29, 0.717) is 0 Å². The van der Waals surface area contributed by atoms with E-state index in [-0.39, 0.29) is 31.0 Å². The average molecular weight is 441 g/mol. The van der Waals surface area contributed by atoms with Crippen LogP contribution in [-0.4, -0.2) is 42.9 Å². The zero-order valence-electron chi connectivity index (χ0n) is 17.3. The van der Waals surface area contributed by atoms with E-state index in [1.807, 2.05) is 18.2 Å². The summed E-state index contributed by atoms with van der Waals surface area (Å²) in [5, 5.41) is 0. The van der Waals surface area contributed by atoms with Crippen molar-refractivity contribution in [1.82, 2.24) is 0 Å². The van der Waals surface area contributed by atoms with Crippen molar-refractivity contribution >= 4 is 42.9 Å². The number of benzene rings is 1. The molecule has 24 heavy (non-hydrogen) atoms. The fourth-order valence-corrected chi connectivity index (χ4v) is 1.31. The molecule has 0 amide bonds. The SMILES string of the molecule is C[Si](C)C.C[Si](C)C.C[Si](C)C.F/[C]([Ge])=C\CCc1ccccc1. The van der Waals surface area contributed by atoms with Gasteiger partial charge in [-0.25, -0.2) is 0 Å². The monoisotopic (exact) mass is 442 g/mol. The summed E-state index contributed by atoms with van der Waals surface area (Å²) >= 11 is 1.48. The van der Waals surface area contributed by atoms with Crippen LogP contribution in [-0.2, 0) is 6.42 Å². The molecule has 0 unspecified atom stereocenters. The summed E-state index contributed by atoms with van der Waals surface area (Å²) < 4.78 is 12.2. The molecule has 0 aliphatic carbocycles. The summed E-state index contributed by atoms with van der Waals surface area (Å²) in [6.45, 7) is 20.4. The minimum absolute atomic E-state index is 0.0917. The molecule has 0 aromatic heterocycles. The van der Waals surface area contributed by atoms with Crippen molar-refractivity contribution in [3.05, 3.63) is 46.6 Å². The fraction of sp³-hybridized carbons (Fsp3) is 0.579. The van der Waals surface area contributed by atoms with Gasteiger partial charge < -0.3 is 0 Å². The van der Waals surface area contributed by atoms with Crippen molar-refractivity contribution in [2.24, 2.45) is 0 Å². The van der Waals surface area contributed by atoms with Crippen molar-refractivity contribution in [3.8, 4) is 0 Å². The summed E-state index contributed by atoms with van der Waals surface area (Å²) in [4.78, 5) is 0.